The molecule has 1 aliphatic rings. The van der Waals surface area contributed by atoms with E-state index in [1.807, 2.05) is 36.4 Å². The van der Waals surface area contributed by atoms with Gasteiger partial charge in [0.2, 0.25) is 0 Å². The summed E-state index contributed by atoms with van der Waals surface area (Å²) in [5.74, 6) is 1.24. The minimum absolute atomic E-state index is 0.290. The summed E-state index contributed by atoms with van der Waals surface area (Å²) in [6, 6.07) is 16.3. The van der Waals surface area contributed by atoms with Gasteiger partial charge in [-0.25, -0.2) is 0 Å². The highest BCUT2D eigenvalue weighted by atomic mass is 16.5. The highest BCUT2D eigenvalue weighted by molar-refractivity contribution is 5.44. The second kappa shape index (κ2) is 8.14. The van der Waals surface area contributed by atoms with Gasteiger partial charge in [0.15, 0.2) is 0 Å². The van der Waals surface area contributed by atoms with Crippen molar-refractivity contribution in [1.82, 2.24) is 14.9 Å². The molecule has 0 bridgehead atoms. The first-order valence-corrected chi connectivity index (χ1v) is 9.29. The molecule has 2 aromatic heterocycles. The van der Waals surface area contributed by atoms with Crippen LogP contribution in [-0.2, 0) is 6.61 Å². The predicted molar refractivity (Wildman–Crippen MR) is 109 cm³/mol. The maximum Gasteiger partial charge on any atom is 0.273 e. The van der Waals surface area contributed by atoms with Crippen LogP contribution >= 0.6 is 0 Å². The van der Waals surface area contributed by atoms with Crippen molar-refractivity contribution in [3.63, 3.8) is 0 Å². The number of ether oxygens (including phenoxy) is 1. The topological polar surface area (TPSA) is 79.4 Å². The first kappa shape index (κ1) is 18.1. The maximum atomic E-state index is 12.5. The molecule has 1 saturated heterocycles. The van der Waals surface area contributed by atoms with Crippen molar-refractivity contribution >= 4 is 5.82 Å². The fourth-order valence-corrected chi connectivity index (χ4v) is 3.23. The lowest BCUT2D eigenvalue weighted by molar-refractivity contribution is 0.305. The van der Waals surface area contributed by atoms with Crippen molar-refractivity contribution in [2.45, 2.75) is 6.61 Å². The molecule has 144 valence electrons. The zero-order chi connectivity index (χ0) is 19.3. The smallest absolute Gasteiger partial charge is 0.273 e. The number of anilines is 1. The van der Waals surface area contributed by atoms with Crippen LogP contribution in [0.1, 0.15) is 5.56 Å². The van der Waals surface area contributed by atoms with E-state index in [9.17, 15) is 9.59 Å². The van der Waals surface area contributed by atoms with Crippen LogP contribution in [0.4, 0.5) is 5.82 Å². The van der Waals surface area contributed by atoms with Gasteiger partial charge >= 0.3 is 0 Å². The molecule has 0 aliphatic carbocycles. The number of H-pyrrole nitrogens is 1. The van der Waals surface area contributed by atoms with Crippen LogP contribution in [-0.4, -0.2) is 35.7 Å². The minimum atomic E-state index is -0.314. The Labute approximate surface area is 162 Å². The Bertz CT molecular complexity index is 1050. The van der Waals surface area contributed by atoms with Gasteiger partial charge in [0, 0.05) is 38.4 Å². The third-order valence-electron chi connectivity index (χ3n) is 4.73. The molecular weight excluding hydrogens is 356 g/mol. The molecule has 0 unspecified atom stereocenters. The summed E-state index contributed by atoms with van der Waals surface area (Å²) in [5.41, 5.74) is 0.701. The highest BCUT2D eigenvalue weighted by Gasteiger charge is 2.13. The molecule has 0 radical (unpaired) electrons. The van der Waals surface area contributed by atoms with E-state index in [1.54, 1.807) is 18.3 Å². The first-order chi connectivity index (χ1) is 13.7. The standard InChI is InChI=1S/C21H22N4O3/c26-20-14-17(28-15-16-4-2-1-3-5-16)8-11-25(20)18-6-7-19(23-21(18)27)24-12-9-22-10-13-24/h1-8,11,14,22H,9-10,12-13,15H2,(H,23,27). The van der Waals surface area contributed by atoms with Gasteiger partial charge in [-0.1, -0.05) is 30.3 Å². The summed E-state index contributed by atoms with van der Waals surface area (Å²) in [6.45, 7) is 3.82. The number of aromatic nitrogens is 2. The van der Waals surface area contributed by atoms with Gasteiger partial charge in [-0.15, -0.1) is 0 Å². The molecule has 1 fully saturated rings. The molecule has 1 aliphatic heterocycles. The van der Waals surface area contributed by atoms with Gasteiger partial charge in [0.05, 0.1) is 0 Å². The normalized spacial score (nSPS) is 14.1. The third kappa shape index (κ3) is 3.99. The van der Waals surface area contributed by atoms with Crippen molar-refractivity contribution < 1.29 is 4.74 Å². The molecule has 0 saturated carbocycles. The average Bonchev–Trinajstić information content (AvgIpc) is 2.74. The van der Waals surface area contributed by atoms with E-state index < -0.39 is 0 Å². The number of nitrogens with zero attached hydrogens (tertiary/aromatic N) is 2. The third-order valence-corrected chi connectivity index (χ3v) is 4.73. The van der Waals surface area contributed by atoms with Crippen LogP contribution in [0.3, 0.4) is 0 Å². The minimum Gasteiger partial charge on any atom is -0.489 e. The Hall–Kier alpha value is -3.32. The molecule has 7 heteroatoms. The largest absolute Gasteiger partial charge is 0.489 e. The van der Waals surface area contributed by atoms with Gasteiger partial charge in [-0.2, -0.15) is 0 Å². The molecule has 4 rings (SSSR count). The van der Waals surface area contributed by atoms with Gasteiger partial charge in [-0.05, 0) is 23.8 Å². The van der Waals surface area contributed by atoms with Crippen LogP contribution in [0, 0.1) is 0 Å². The molecule has 3 aromatic rings. The highest BCUT2D eigenvalue weighted by Crippen LogP contribution is 2.13. The summed E-state index contributed by atoms with van der Waals surface area (Å²) in [4.78, 5) is 30.0. The Balaban J connectivity index is 1.52. The summed E-state index contributed by atoms with van der Waals surface area (Å²) >= 11 is 0. The number of aromatic amines is 1. The van der Waals surface area contributed by atoms with Crippen molar-refractivity contribution in [1.29, 1.82) is 0 Å². The SMILES string of the molecule is O=c1[nH]c(N2CCNCC2)ccc1-n1ccc(OCc2ccccc2)cc1=O. The molecule has 1 aromatic carbocycles. The second-order valence-electron chi connectivity index (χ2n) is 6.64. The van der Waals surface area contributed by atoms with Crippen LogP contribution in [0.2, 0.25) is 0 Å². The zero-order valence-electron chi connectivity index (χ0n) is 15.4. The first-order valence-electron chi connectivity index (χ1n) is 9.29. The number of benzene rings is 1. The van der Waals surface area contributed by atoms with E-state index >= 15 is 0 Å². The Kier molecular flexibility index (Phi) is 5.25. The quantitative estimate of drug-likeness (QED) is 0.704. The number of nitrogens with one attached hydrogen (secondary N) is 2. The van der Waals surface area contributed by atoms with Gasteiger partial charge in [-0.3, -0.25) is 14.2 Å². The monoisotopic (exact) mass is 378 g/mol. The lowest BCUT2D eigenvalue weighted by atomic mass is 10.2. The molecule has 0 amide bonds. The fraction of sp³-hybridized carbons (Fsp3) is 0.238. The number of hydrogen-bond donors (Lipinski definition) is 2. The van der Waals surface area contributed by atoms with E-state index in [4.69, 9.17) is 4.74 Å². The van der Waals surface area contributed by atoms with Crippen molar-refractivity contribution in [3.05, 3.63) is 87.1 Å². The summed E-state index contributed by atoms with van der Waals surface area (Å²) in [6.07, 6.45) is 1.57. The molecule has 7 nitrogen and oxygen atoms in total. The van der Waals surface area contributed by atoms with Crippen molar-refractivity contribution in [2.75, 3.05) is 31.1 Å². The number of pyridine rings is 2. The number of rotatable bonds is 5. The van der Waals surface area contributed by atoms with Crippen LogP contribution in [0.15, 0.2) is 70.4 Å². The van der Waals surface area contributed by atoms with Gasteiger partial charge in [0.25, 0.3) is 11.1 Å². The predicted octanol–water partition coefficient (Wildman–Crippen LogP) is 1.51. The Morgan fingerprint density at radius 1 is 0.964 bits per heavy atom. The summed E-state index contributed by atoms with van der Waals surface area (Å²) in [7, 11) is 0. The zero-order valence-corrected chi connectivity index (χ0v) is 15.4. The van der Waals surface area contributed by atoms with Crippen LogP contribution < -0.4 is 26.1 Å². The molecule has 3 heterocycles. The van der Waals surface area contributed by atoms with Gasteiger partial charge in [0.1, 0.15) is 23.9 Å². The number of hydrogen-bond acceptors (Lipinski definition) is 5. The van der Waals surface area contributed by atoms with Crippen molar-refractivity contribution in [2.24, 2.45) is 0 Å². The van der Waals surface area contributed by atoms with E-state index in [0.29, 0.717) is 18.0 Å². The lowest BCUT2D eigenvalue weighted by Gasteiger charge is -2.28. The number of piperazine rings is 1. The van der Waals surface area contributed by atoms with Crippen molar-refractivity contribution in [3.8, 4) is 11.4 Å². The maximum absolute atomic E-state index is 12.5. The second-order valence-corrected chi connectivity index (χ2v) is 6.64. The molecule has 0 atom stereocenters. The molecular formula is C21H22N4O3. The Morgan fingerprint density at radius 2 is 1.75 bits per heavy atom. The summed E-state index contributed by atoms with van der Waals surface area (Å²) in [5, 5.41) is 3.28. The summed E-state index contributed by atoms with van der Waals surface area (Å²) < 4.78 is 7.01. The average molecular weight is 378 g/mol. The van der Waals surface area contributed by atoms with Crippen LogP contribution in [0.5, 0.6) is 5.75 Å². The molecule has 2 N–H and O–H groups in total. The Morgan fingerprint density at radius 3 is 2.46 bits per heavy atom. The van der Waals surface area contributed by atoms with E-state index in [0.717, 1.165) is 37.6 Å². The van der Waals surface area contributed by atoms with Gasteiger partial charge < -0.3 is 19.9 Å². The fourth-order valence-electron chi connectivity index (χ4n) is 3.23. The molecule has 28 heavy (non-hydrogen) atoms. The van der Waals surface area contributed by atoms with Crippen LogP contribution in [0.25, 0.3) is 5.69 Å². The van der Waals surface area contributed by atoms with E-state index in [-0.39, 0.29) is 11.1 Å². The lowest BCUT2D eigenvalue weighted by Crippen LogP contribution is -2.44. The van der Waals surface area contributed by atoms with E-state index in [1.165, 1.54) is 10.6 Å². The van der Waals surface area contributed by atoms with E-state index in [2.05, 4.69) is 15.2 Å². The molecule has 0 spiro atoms.